The molecule has 0 radical (unpaired) electrons. The van der Waals surface area contributed by atoms with Crippen molar-refractivity contribution in [3.8, 4) is 0 Å². The first-order valence-electron chi connectivity index (χ1n) is 5.02. The summed E-state index contributed by atoms with van der Waals surface area (Å²) in [7, 11) is -3.78. The molecule has 0 heterocycles. The lowest BCUT2D eigenvalue weighted by molar-refractivity contribution is 0.509. The second kappa shape index (κ2) is 4.73. The molecule has 2 aromatic rings. The van der Waals surface area contributed by atoms with Crippen molar-refractivity contribution in [2.45, 2.75) is 4.90 Å². The van der Waals surface area contributed by atoms with E-state index in [1.165, 1.54) is 12.1 Å². The summed E-state index contributed by atoms with van der Waals surface area (Å²) in [6.45, 7) is 0. The number of anilines is 1. The molecule has 0 aliphatic rings. The highest BCUT2D eigenvalue weighted by atomic mass is 32.2. The van der Waals surface area contributed by atoms with Crippen molar-refractivity contribution in [2.75, 3.05) is 4.72 Å². The van der Waals surface area contributed by atoms with Crippen molar-refractivity contribution in [3.63, 3.8) is 0 Å². The summed E-state index contributed by atoms with van der Waals surface area (Å²) in [5.74, 6) is -2.14. The largest absolute Gasteiger partial charge is 0.280 e. The van der Waals surface area contributed by atoms with Gasteiger partial charge >= 0.3 is 0 Å². The topological polar surface area (TPSA) is 46.2 Å². The SMILES string of the molecule is O=S(=O)(Nc1ccc(F)c(F)c1)c1ccccc1. The molecule has 0 unspecified atom stereocenters. The number of hydrogen-bond acceptors (Lipinski definition) is 2. The van der Waals surface area contributed by atoms with Crippen LogP contribution in [0.25, 0.3) is 0 Å². The Morgan fingerprint density at radius 3 is 2.17 bits per heavy atom. The van der Waals surface area contributed by atoms with E-state index >= 15 is 0 Å². The first-order chi connectivity index (χ1) is 8.49. The first-order valence-corrected chi connectivity index (χ1v) is 6.50. The van der Waals surface area contributed by atoms with Gasteiger partial charge in [-0.15, -0.1) is 0 Å². The number of halogens is 2. The standard InChI is InChI=1S/C12H9F2NO2S/c13-11-7-6-9(8-12(11)14)15-18(16,17)10-4-2-1-3-5-10/h1-8,15H. The van der Waals surface area contributed by atoms with E-state index in [2.05, 4.69) is 4.72 Å². The van der Waals surface area contributed by atoms with E-state index in [-0.39, 0.29) is 10.6 Å². The summed E-state index contributed by atoms with van der Waals surface area (Å²) < 4.78 is 51.6. The van der Waals surface area contributed by atoms with Gasteiger partial charge in [-0.3, -0.25) is 4.72 Å². The summed E-state index contributed by atoms with van der Waals surface area (Å²) in [5.41, 5.74) is -0.0299. The molecule has 94 valence electrons. The molecule has 1 N–H and O–H groups in total. The van der Waals surface area contributed by atoms with Gasteiger partial charge in [0.15, 0.2) is 11.6 Å². The number of rotatable bonds is 3. The van der Waals surface area contributed by atoms with Gasteiger partial charge in [-0.05, 0) is 24.3 Å². The van der Waals surface area contributed by atoms with E-state index in [0.29, 0.717) is 0 Å². The molecule has 0 amide bonds. The third kappa shape index (κ3) is 2.65. The Balaban J connectivity index is 2.31. The van der Waals surface area contributed by atoms with Crippen LogP contribution < -0.4 is 4.72 Å². The van der Waals surface area contributed by atoms with Gasteiger partial charge in [0, 0.05) is 6.07 Å². The van der Waals surface area contributed by atoms with Gasteiger partial charge in [-0.25, -0.2) is 17.2 Å². The molecule has 0 aromatic heterocycles. The van der Waals surface area contributed by atoms with Gasteiger partial charge in [0.2, 0.25) is 0 Å². The molecule has 0 aliphatic carbocycles. The van der Waals surface area contributed by atoms with Gasteiger partial charge in [0.1, 0.15) is 0 Å². The smallest absolute Gasteiger partial charge is 0.261 e. The van der Waals surface area contributed by atoms with Crippen LogP contribution in [-0.4, -0.2) is 8.42 Å². The summed E-state index contributed by atoms with van der Waals surface area (Å²) >= 11 is 0. The fraction of sp³-hybridized carbons (Fsp3) is 0. The molecule has 0 atom stereocenters. The van der Waals surface area contributed by atoms with Crippen LogP contribution in [0.1, 0.15) is 0 Å². The van der Waals surface area contributed by atoms with Gasteiger partial charge in [-0.1, -0.05) is 18.2 Å². The first kappa shape index (κ1) is 12.5. The Morgan fingerprint density at radius 2 is 1.56 bits per heavy atom. The second-order valence-corrected chi connectivity index (χ2v) is 5.23. The molecule has 0 saturated carbocycles. The Hall–Kier alpha value is -1.95. The van der Waals surface area contributed by atoms with Crippen LogP contribution >= 0.6 is 0 Å². The van der Waals surface area contributed by atoms with E-state index < -0.39 is 21.7 Å². The number of sulfonamides is 1. The van der Waals surface area contributed by atoms with Crippen LogP contribution in [0.15, 0.2) is 53.4 Å². The lowest BCUT2D eigenvalue weighted by atomic mass is 10.3. The predicted octanol–water partition coefficient (Wildman–Crippen LogP) is 2.77. The lowest BCUT2D eigenvalue weighted by Gasteiger charge is -2.08. The molecule has 2 rings (SSSR count). The Morgan fingerprint density at radius 1 is 0.889 bits per heavy atom. The monoisotopic (exact) mass is 269 g/mol. The van der Waals surface area contributed by atoms with Crippen LogP contribution in [-0.2, 0) is 10.0 Å². The minimum Gasteiger partial charge on any atom is -0.280 e. The van der Waals surface area contributed by atoms with Crippen LogP contribution in [0.3, 0.4) is 0 Å². The van der Waals surface area contributed by atoms with Gasteiger partial charge in [0.05, 0.1) is 10.6 Å². The van der Waals surface area contributed by atoms with E-state index in [1.807, 2.05) is 0 Å². The summed E-state index contributed by atoms with van der Waals surface area (Å²) in [4.78, 5) is 0.0507. The summed E-state index contributed by atoms with van der Waals surface area (Å²) in [6, 6.07) is 10.4. The quantitative estimate of drug-likeness (QED) is 0.931. The van der Waals surface area contributed by atoms with Crippen molar-refractivity contribution in [1.82, 2.24) is 0 Å². The van der Waals surface area contributed by atoms with E-state index in [1.54, 1.807) is 18.2 Å². The number of hydrogen-bond donors (Lipinski definition) is 1. The molecule has 0 saturated heterocycles. The highest BCUT2D eigenvalue weighted by Gasteiger charge is 2.14. The normalized spacial score (nSPS) is 11.2. The van der Waals surface area contributed by atoms with E-state index in [9.17, 15) is 17.2 Å². The van der Waals surface area contributed by atoms with Crippen LogP contribution in [0, 0.1) is 11.6 Å². The predicted molar refractivity (Wildman–Crippen MR) is 63.6 cm³/mol. The third-order valence-corrected chi connectivity index (χ3v) is 3.62. The van der Waals surface area contributed by atoms with Crippen LogP contribution in [0.4, 0.5) is 14.5 Å². The van der Waals surface area contributed by atoms with Crippen molar-refractivity contribution >= 4 is 15.7 Å². The molecular weight excluding hydrogens is 260 g/mol. The average molecular weight is 269 g/mol. The van der Waals surface area contributed by atoms with Crippen LogP contribution in [0.5, 0.6) is 0 Å². The van der Waals surface area contributed by atoms with Crippen molar-refractivity contribution in [1.29, 1.82) is 0 Å². The Kier molecular flexibility index (Phi) is 3.29. The van der Waals surface area contributed by atoms with Crippen molar-refractivity contribution < 1.29 is 17.2 Å². The summed E-state index contributed by atoms with van der Waals surface area (Å²) in [6.07, 6.45) is 0. The third-order valence-electron chi connectivity index (χ3n) is 2.23. The molecule has 6 heteroatoms. The molecular formula is C12H9F2NO2S. The maximum atomic E-state index is 12.9. The molecule has 18 heavy (non-hydrogen) atoms. The van der Waals surface area contributed by atoms with Gasteiger partial charge in [0.25, 0.3) is 10.0 Å². The maximum absolute atomic E-state index is 12.9. The average Bonchev–Trinajstić information content (AvgIpc) is 2.35. The summed E-state index contributed by atoms with van der Waals surface area (Å²) in [5, 5.41) is 0. The van der Waals surface area contributed by atoms with Crippen molar-refractivity contribution in [3.05, 3.63) is 60.2 Å². The van der Waals surface area contributed by atoms with Gasteiger partial charge in [-0.2, -0.15) is 0 Å². The zero-order valence-electron chi connectivity index (χ0n) is 9.10. The Labute approximate surface area is 103 Å². The zero-order chi connectivity index (χ0) is 13.2. The Bertz CT molecular complexity index is 657. The van der Waals surface area contributed by atoms with Crippen LogP contribution in [0.2, 0.25) is 0 Å². The maximum Gasteiger partial charge on any atom is 0.261 e. The van der Waals surface area contributed by atoms with Crippen molar-refractivity contribution in [2.24, 2.45) is 0 Å². The molecule has 0 fully saturated rings. The molecule has 0 bridgehead atoms. The molecule has 3 nitrogen and oxygen atoms in total. The minimum atomic E-state index is -3.78. The number of nitrogens with one attached hydrogen (secondary N) is 1. The second-order valence-electron chi connectivity index (χ2n) is 3.55. The molecule has 2 aromatic carbocycles. The molecule has 0 aliphatic heterocycles. The lowest BCUT2D eigenvalue weighted by Crippen LogP contribution is -2.13. The molecule has 0 spiro atoms. The number of benzene rings is 2. The zero-order valence-corrected chi connectivity index (χ0v) is 9.92. The van der Waals surface area contributed by atoms with E-state index in [0.717, 1.165) is 18.2 Å². The fourth-order valence-corrected chi connectivity index (χ4v) is 2.44. The minimum absolute atomic E-state index is 0.0299. The fourth-order valence-electron chi connectivity index (χ4n) is 1.37. The highest BCUT2D eigenvalue weighted by Crippen LogP contribution is 2.17. The highest BCUT2D eigenvalue weighted by molar-refractivity contribution is 7.92. The van der Waals surface area contributed by atoms with E-state index in [4.69, 9.17) is 0 Å². The van der Waals surface area contributed by atoms with Gasteiger partial charge < -0.3 is 0 Å².